The number of benzene rings is 3. The largest absolute Gasteiger partial charge is 0.494 e. The van der Waals surface area contributed by atoms with E-state index in [4.69, 9.17) is 4.74 Å². The van der Waals surface area contributed by atoms with Gasteiger partial charge in [0.25, 0.3) is 10.0 Å². The first-order valence-electron chi connectivity index (χ1n) is 13.7. The van der Waals surface area contributed by atoms with Gasteiger partial charge in [-0.15, -0.1) is 0 Å². The van der Waals surface area contributed by atoms with Gasteiger partial charge in [0.2, 0.25) is 11.8 Å². The molecule has 0 bridgehead atoms. The number of aryl methyl sites for hydroxylation is 1. The molecule has 1 unspecified atom stereocenters. The standard InChI is InChI=1S/C31H38FN3O5S/c1-5-7-19-33-31(37)24(4)34(21-25-10-8-9-23(3)20-25)30(36)22-35(27-13-15-28(16-14-27)40-6-2)41(38,39)29-17-11-26(32)12-18-29/h8-18,20,24H,5-7,19,21-22H2,1-4H3,(H,33,37). The molecule has 1 atom stereocenters. The molecule has 0 heterocycles. The van der Waals surface area contributed by atoms with E-state index < -0.39 is 34.3 Å². The van der Waals surface area contributed by atoms with Gasteiger partial charge in [0, 0.05) is 13.1 Å². The second kappa shape index (κ2) is 14.6. The summed E-state index contributed by atoms with van der Waals surface area (Å²) in [6.45, 7) is 7.85. The Hall–Kier alpha value is -3.92. The highest BCUT2D eigenvalue weighted by Gasteiger charge is 2.32. The maximum atomic E-state index is 13.9. The summed E-state index contributed by atoms with van der Waals surface area (Å²) < 4.78 is 47.7. The third-order valence-electron chi connectivity index (χ3n) is 6.55. The average molecular weight is 584 g/mol. The summed E-state index contributed by atoms with van der Waals surface area (Å²) in [6, 6.07) is 17.5. The summed E-state index contributed by atoms with van der Waals surface area (Å²) in [5.74, 6) is -0.933. The molecular weight excluding hydrogens is 545 g/mol. The molecule has 10 heteroatoms. The number of halogens is 1. The van der Waals surface area contributed by atoms with Gasteiger partial charge in [-0.3, -0.25) is 13.9 Å². The van der Waals surface area contributed by atoms with E-state index in [2.05, 4.69) is 5.32 Å². The lowest BCUT2D eigenvalue weighted by Gasteiger charge is -2.32. The Morgan fingerprint density at radius 3 is 2.29 bits per heavy atom. The molecule has 0 spiro atoms. The van der Waals surface area contributed by atoms with Crippen molar-refractivity contribution >= 4 is 27.5 Å². The lowest BCUT2D eigenvalue weighted by Crippen LogP contribution is -2.51. The molecule has 0 saturated carbocycles. The van der Waals surface area contributed by atoms with Crippen LogP contribution >= 0.6 is 0 Å². The Bertz CT molecular complexity index is 1410. The minimum atomic E-state index is -4.29. The van der Waals surface area contributed by atoms with Crippen molar-refractivity contribution in [2.75, 3.05) is 24.0 Å². The summed E-state index contributed by atoms with van der Waals surface area (Å²) in [6.07, 6.45) is 1.70. The third kappa shape index (κ3) is 8.53. The smallest absolute Gasteiger partial charge is 0.264 e. The first-order valence-corrected chi connectivity index (χ1v) is 15.1. The zero-order valence-corrected chi connectivity index (χ0v) is 24.8. The zero-order valence-electron chi connectivity index (χ0n) is 24.0. The van der Waals surface area contributed by atoms with Crippen LogP contribution in [0.2, 0.25) is 0 Å². The van der Waals surface area contributed by atoms with E-state index in [9.17, 15) is 22.4 Å². The van der Waals surface area contributed by atoms with Crippen molar-refractivity contribution in [3.8, 4) is 5.75 Å². The predicted molar refractivity (Wildman–Crippen MR) is 158 cm³/mol. The van der Waals surface area contributed by atoms with Crippen LogP contribution in [0.4, 0.5) is 10.1 Å². The van der Waals surface area contributed by atoms with Gasteiger partial charge < -0.3 is 15.0 Å². The maximum Gasteiger partial charge on any atom is 0.264 e. The van der Waals surface area contributed by atoms with Crippen molar-refractivity contribution in [2.45, 2.75) is 58.0 Å². The molecule has 3 aromatic rings. The minimum Gasteiger partial charge on any atom is -0.494 e. The lowest BCUT2D eigenvalue weighted by molar-refractivity contribution is -0.139. The number of anilines is 1. The Morgan fingerprint density at radius 1 is 1.00 bits per heavy atom. The fourth-order valence-electron chi connectivity index (χ4n) is 4.26. The number of hydrogen-bond donors (Lipinski definition) is 1. The Morgan fingerprint density at radius 2 is 1.68 bits per heavy atom. The first-order chi connectivity index (χ1) is 19.6. The van der Waals surface area contributed by atoms with Gasteiger partial charge in [-0.2, -0.15) is 0 Å². The molecule has 8 nitrogen and oxygen atoms in total. The quantitative estimate of drug-likeness (QED) is 0.268. The van der Waals surface area contributed by atoms with Gasteiger partial charge in [0.15, 0.2) is 0 Å². The number of hydrogen-bond acceptors (Lipinski definition) is 5. The van der Waals surface area contributed by atoms with Crippen LogP contribution in [-0.4, -0.2) is 50.9 Å². The zero-order chi connectivity index (χ0) is 30.0. The number of rotatable bonds is 14. The molecule has 3 rings (SSSR count). The monoisotopic (exact) mass is 583 g/mol. The minimum absolute atomic E-state index is 0.108. The number of nitrogens with zero attached hydrogens (tertiary/aromatic N) is 2. The van der Waals surface area contributed by atoms with E-state index in [0.29, 0.717) is 18.9 Å². The highest BCUT2D eigenvalue weighted by molar-refractivity contribution is 7.92. The number of nitrogens with one attached hydrogen (secondary N) is 1. The number of carbonyl (C=O) groups excluding carboxylic acids is 2. The van der Waals surface area contributed by atoms with Gasteiger partial charge in [0.1, 0.15) is 24.2 Å². The van der Waals surface area contributed by atoms with Crippen LogP contribution in [0, 0.1) is 12.7 Å². The SMILES string of the molecule is CCCCNC(=O)C(C)N(Cc1cccc(C)c1)C(=O)CN(c1ccc(OCC)cc1)S(=O)(=O)c1ccc(F)cc1. The molecule has 2 amide bonds. The van der Waals surface area contributed by atoms with Crippen molar-refractivity contribution in [1.82, 2.24) is 10.2 Å². The molecule has 41 heavy (non-hydrogen) atoms. The molecule has 0 fully saturated rings. The molecule has 0 saturated heterocycles. The Labute approximate surface area is 242 Å². The topological polar surface area (TPSA) is 96.0 Å². The van der Waals surface area contributed by atoms with Crippen molar-refractivity contribution in [3.63, 3.8) is 0 Å². The summed E-state index contributed by atoms with van der Waals surface area (Å²) in [5, 5.41) is 2.87. The number of amides is 2. The Balaban J connectivity index is 2.00. The summed E-state index contributed by atoms with van der Waals surface area (Å²) in [5.41, 5.74) is 2.02. The van der Waals surface area contributed by atoms with Gasteiger partial charge >= 0.3 is 0 Å². The molecular formula is C31H38FN3O5S. The van der Waals surface area contributed by atoms with E-state index in [1.165, 1.54) is 4.90 Å². The van der Waals surface area contributed by atoms with Crippen LogP contribution in [-0.2, 0) is 26.2 Å². The van der Waals surface area contributed by atoms with Crippen LogP contribution in [0.15, 0.2) is 77.7 Å². The molecule has 0 aliphatic carbocycles. The molecule has 1 N–H and O–H groups in total. The fraction of sp³-hybridized carbons (Fsp3) is 0.355. The molecule has 220 valence electrons. The highest BCUT2D eigenvalue weighted by Crippen LogP contribution is 2.27. The highest BCUT2D eigenvalue weighted by atomic mass is 32.2. The average Bonchev–Trinajstić information content (AvgIpc) is 2.95. The van der Waals surface area contributed by atoms with Crippen LogP contribution in [0.5, 0.6) is 5.75 Å². The van der Waals surface area contributed by atoms with E-state index in [0.717, 1.165) is 52.5 Å². The fourth-order valence-corrected chi connectivity index (χ4v) is 5.68. The summed E-state index contributed by atoms with van der Waals surface area (Å²) in [4.78, 5) is 28.2. The molecule has 0 aliphatic rings. The number of sulfonamides is 1. The van der Waals surface area contributed by atoms with Crippen LogP contribution < -0.4 is 14.4 Å². The van der Waals surface area contributed by atoms with E-state index in [-0.39, 0.29) is 23.0 Å². The van der Waals surface area contributed by atoms with Crippen molar-refractivity contribution < 1.29 is 27.1 Å². The second-order valence-corrected chi connectivity index (χ2v) is 11.6. The van der Waals surface area contributed by atoms with Crippen LogP contribution in [0.3, 0.4) is 0 Å². The third-order valence-corrected chi connectivity index (χ3v) is 8.34. The molecule has 0 radical (unpaired) electrons. The van der Waals surface area contributed by atoms with Crippen molar-refractivity contribution in [1.29, 1.82) is 0 Å². The summed E-state index contributed by atoms with van der Waals surface area (Å²) >= 11 is 0. The van der Waals surface area contributed by atoms with Crippen LogP contribution in [0.25, 0.3) is 0 Å². The Kier molecular flexibility index (Phi) is 11.3. The second-order valence-electron chi connectivity index (χ2n) is 9.72. The first kappa shape index (κ1) is 31.6. The van der Waals surface area contributed by atoms with Gasteiger partial charge in [-0.1, -0.05) is 43.2 Å². The summed E-state index contributed by atoms with van der Waals surface area (Å²) in [7, 11) is -4.29. The number of ether oxygens (including phenoxy) is 1. The van der Waals surface area contributed by atoms with Gasteiger partial charge in [0.05, 0.1) is 17.2 Å². The molecule has 0 aliphatic heterocycles. The van der Waals surface area contributed by atoms with Gasteiger partial charge in [-0.25, -0.2) is 12.8 Å². The van der Waals surface area contributed by atoms with E-state index in [1.54, 1.807) is 31.2 Å². The lowest BCUT2D eigenvalue weighted by atomic mass is 10.1. The van der Waals surface area contributed by atoms with Crippen molar-refractivity contribution in [2.24, 2.45) is 0 Å². The van der Waals surface area contributed by atoms with E-state index in [1.807, 2.05) is 45.0 Å². The normalized spacial score (nSPS) is 11.9. The maximum absolute atomic E-state index is 13.9. The number of carbonyl (C=O) groups is 2. The molecule has 3 aromatic carbocycles. The van der Waals surface area contributed by atoms with Crippen molar-refractivity contribution in [3.05, 3.63) is 89.7 Å². The number of unbranched alkanes of at least 4 members (excludes halogenated alkanes) is 1. The van der Waals surface area contributed by atoms with Gasteiger partial charge in [-0.05, 0) is 81.3 Å². The van der Waals surface area contributed by atoms with Crippen LogP contribution in [0.1, 0.15) is 44.7 Å². The molecule has 0 aromatic heterocycles. The van der Waals surface area contributed by atoms with E-state index >= 15 is 0 Å². The predicted octanol–water partition coefficient (Wildman–Crippen LogP) is 5.06.